The molecule has 0 aliphatic carbocycles. The fraction of sp³-hybridized carbons (Fsp3) is 0.333. The van der Waals surface area contributed by atoms with Crippen LogP contribution in [0.4, 0.5) is 10.5 Å². The maximum absolute atomic E-state index is 12.5. The van der Waals surface area contributed by atoms with E-state index >= 15 is 0 Å². The van der Waals surface area contributed by atoms with Gasteiger partial charge in [-0.3, -0.25) is 4.79 Å². The van der Waals surface area contributed by atoms with Gasteiger partial charge >= 0.3 is 6.03 Å². The van der Waals surface area contributed by atoms with Gasteiger partial charge in [0.1, 0.15) is 11.8 Å². The molecular formula is C21H25N3O3. The highest BCUT2D eigenvalue weighted by atomic mass is 16.5. The summed E-state index contributed by atoms with van der Waals surface area (Å²) in [5.74, 6) is 0.707. The van der Waals surface area contributed by atoms with E-state index in [4.69, 9.17) is 4.74 Å². The minimum absolute atomic E-state index is 0.0441. The third-order valence-electron chi connectivity index (χ3n) is 4.52. The molecule has 0 spiro atoms. The number of ether oxygens (including phenoxy) is 1. The third-order valence-corrected chi connectivity index (χ3v) is 4.52. The molecule has 6 nitrogen and oxygen atoms in total. The van der Waals surface area contributed by atoms with Gasteiger partial charge in [-0.2, -0.15) is 0 Å². The zero-order chi connectivity index (χ0) is 19.2. The highest BCUT2D eigenvalue weighted by Crippen LogP contribution is 2.17. The van der Waals surface area contributed by atoms with Crippen LogP contribution >= 0.6 is 0 Å². The van der Waals surface area contributed by atoms with Crippen LogP contribution in [0.5, 0.6) is 5.75 Å². The van der Waals surface area contributed by atoms with Gasteiger partial charge in [-0.1, -0.05) is 29.8 Å². The lowest BCUT2D eigenvalue weighted by Gasteiger charge is -2.17. The molecule has 2 aromatic rings. The lowest BCUT2D eigenvalue weighted by atomic mass is 10.1. The Kier molecular flexibility index (Phi) is 5.96. The highest BCUT2D eigenvalue weighted by molar-refractivity contribution is 5.94. The van der Waals surface area contributed by atoms with Crippen LogP contribution in [0.3, 0.4) is 0 Å². The average molecular weight is 367 g/mol. The molecule has 142 valence electrons. The predicted molar refractivity (Wildman–Crippen MR) is 105 cm³/mol. The fourth-order valence-electron chi connectivity index (χ4n) is 3.07. The summed E-state index contributed by atoms with van der Waals surface area (Å²) in [5.41, 5.74) is 2.93. The number of carbonyl (C=O) groups excluding carboxylic acids is 2. The quantitative estimate of drug-likeness (QED) is 0.823. The number of urea groups is 1. The molecule has 6 heteroatoms. The van der Waals surface area contributed by atoms with E-state index in [2.05, 4.69) is 10.6 Å². The number of nitrogens with zero attached hydrogens (tertiary/aromatic N) is 1. The number of anilines is 1. The standard InChI is InChI=1S/C21H25N3O3/c1-3-27-18-10-8-17(9-11-18)22-21(26)23-19-12-13-24(20(19)25)14-16-6-4-15(2)5-7-16/h4-11,19H,3,12-14H2,1-2H3,(H2,22,23,26). The Hall–Kier alpha value is -3.02. The first-order valence-corrected chi connectivity index (χ1v) is 9.20. The number of rotatable bonds is 6. The van der Waals surface area contributed by atoms with Crippen molar-refractivity contribution in [3.63, 3.8) is 0 Å². The van der Waals surface area contributed by atoms with Gasteiger partial charge in [-0.25, -0.2) is 4.79 Å². The molecule has 1 fully saturated rings. The molecule has 1 unspecified atom stereocenters. The molecular weight excluding hydrogens is 342 g/mol. The second-order valence-corrected chi connectivity index (χ2v) is 6.64. The van der Waals surface area contributed by atoms with Crippen LogP contribution in [0.15, 0.2) is 48.5 Å². The molecule has 2 aromatic carbocycles. The number of nitrogens with one attached hydrogen (secondary N) is 2. The number of likely N-dealkylation sites (tertiary alicyclic amines) is 1. The molecule has 1 saturated heterocycles. The number of aryl methyl sites for hydroxylation is 1. The van der Waals surface area contributed by atoms with E-state index in [1.54, 1.807) is 29.2 Å². The van der Waals surface area contributed by atoms with Gasteiger partial charge in [0.25, 0.3) is 0 Å². The summed E-state index contributed by atoms with van der Waals surface area (Å²) >= 11 is 0. The lowest BCUT2D eigenvalue weighted by molar-refractivity contribution is -0.129. The van der Waals surface area contributed by atoms with Crippen LogP contribution in [0.1, 0.15) is 24.5 Å². The smallest absolute Gasteiger partial charge is 0.319 e. The average Bonchev–Trinajstić information content (AvgIpc) is 2.99. The van der Waals surface area contributed by atoms with Gasteiger partial charge in [-0.15, -0.1) is 0 Å². The van der Waals surface area contributed by atoms with Crippen molar-refractivity contribution in [2.45, 2.75) is 32.9 Å². The maximum Gasteiger partial charge on any atom is 0.319 e. The van der Waals surface area contributed by atoms with E-state index in [1.165, 1.54) is 5.56 Å². The molecule has 0 radical (unpaired) electrons. The van der Waals surface area contributed by atoms with Crippen molar-refractivity contribution < 1.29 is 14.3 Å². The first kappa shape index (κ1) is 18.8. The van der Waals surface area contributed by atoms with E-state index in [-0.39, 0.29) is 11.9 Å². The molecule has 2 N–H and O–H groups in total. The predicted octanol–water partition coefficient (Wildman–Crippen LogP) is 3.32. The van der Waals surface area contributed by atoms with Gasteiger partial charge < -0.3 is 20.3 Å². The van der Waals surface area contributed by atoms with Crippen LogP contribution in [0, 0.1) is 6.92 Å². The topological polar surface area (TPSA) is 70.7 Å². The summed E-state index contributed by atoms with van der Waals surface area (Å²) < 4.78 is 5.38. The summed E-state index contributed by atoms with van der Waals surface area (Å²) in [4.78, 5) is 26.5. The SMILES string of the molecule is CCOc1ccc(NC(=O)NC2CCN(Cc3ccc(C)cc3)C2=O)cc1. The summed E-state index contributed by atoms with van der Waals surface area (Å²) in [6, 6.07) is 14.4. The number of amides is 3. The molecule has 3 rings (SSSR count). The summed E-state index contributed by atoms with van der Waals surface area (Å²) in [6.07, 6.45) is 0.612. The Morgan fingerprint density at radius 2 is 1.85 bits per heavy atom. The number of hydrogen-bond donors (Lipinski definition) is 2. The molecule has 3 amide bonds. The molecule has 0 aromatic heterocycles. The van der Waals surface area contributed by atoms with Crippen LogP contribution < -0.4 is 15.4 Å². The zero-order valence-electron chi connectivity index (χ0n) is 15.7. The minimum atomic E-state index is -0.488. The van der Waals surface area contributed by atoms with Crippen LogP contribution in [-0.4, -0.2) is 36.0 Å². The van der Waals surface area contributed by atoms with Crippen molar-refractivity contribution in [3.8, 4) is 5.75 Å². The Morgan fingerprint density at radius 1 is 1.15 bits per heavy atom. The molecule has 1 aliphatic heterocycles. The van der Waals surface area contributed by atoms with Crippen molar-refractivity contribution in [1.82, 2.24) is 10.2 Å². The van der Waals surface area contributed by atoms with E-state index in [0.717, 1.165) is 11.3 Å². The van der Waals surface area contributed by atoms with Gasteiger partial charge in [-0.05, 0) is 50.1 Å². The maximum atomic E-state index is 12.5. The van der Waals surface area contributed by atoms with E-state index < -0.39 is 6.04 Å². The van der Waals surface area contributed by atoms with Crippen molar-refractivity contribution in [1.29, 1.82) is 0 Å². The van der Waals surface area contributed by atoms with E-state index in [1.807, 2.05) is 38.1 Å². The van der Waals surface area contributed by atoms with Gasteiger partial charge in [0.2, 0.25) is 5.91 Å². The third kappa shape index (κ3) is 5.00. The lowest BCUT2D eigenvalue weighted by Crippen LogP contribution is -2.43. The van der Waals surface area contributed by atoms with Crippen LogP contribution in [0.2, 0.25) is 0 Å². The Morgan fingerprint density at radius 3 is 2.52 bits per heavy atom. The summed E-state index contributed by atoms with van der Waals surface area (Å²) in [7, 11) is 0. The van der Waals surface area contributed by atoms with Crippen LogP contribution in [-0.2, 0) is 11.3 Å². The van der Waals surface area contributed by atoms with Crippen molar-refractivity contribution in [2.24, 2.45) is 0 Å². The zero-order valence-corrected chi connectivity index (χ0v) is 15.7. The fourth-order valence-corrected chi connectivity index (χ4v) is 3.07. The van der Waals surface area contributed by atoms with E-state index in [9.17, 15) is 9.59 Å². The van der Waals surface area contributed by atoms with Gasteiger partial charge in [0, 0.05) is 18.8 Å². The summed E-state index contributed by atoms with van der Waals surface area (Å²) in [5, 5.41) is 5.52. The normalized spacial score (nSPS) is 16.3. The van der Waals surface area contributed by atoms with Crippen molar-refractivity contribution in [2.75, 3.05) is 18.5 Å². The molecule has 0 bridgehead atoms. The molecule has 1 heterocycles. The summed E-state index contributed by atoms with van der Waals surface area (Å²) in [6.45, 7) is 5.75. The number of carbonyl (C=O) groups is 2. The van der Waals surface area contributed by atoms with E-state index in [0.29, 0.717) is 31.8 Å². The monoisotopic (exact) mass is 367 g/mol. The molecule has 1 atom stereocenters. The minimum Gasteiger partial charge on any atom is -0.494 e. The first-order chi connectivity index (χ1) is 13.0. The highest BCUT2D eigenvalue weighted by Gasteiger charge is 2.32. The largest absolute Gasteiger partial charge is 0.494 e. The van der Waals surface area contributed by atoms with Crippen molar-refractivity contribution >= 4 is 17.6 Å². The second kappa shape index (κ2) is 8.58. The first-order valence-electron chi connectivity index (χ1n) is 9.20. The van der Waals surface area contributed by atoms with Crippen molar-refractivity contribution in [3.05, 3.63) is 59.7 Å². The van der Waals surface area contributed by atoms with Gasteiger partial charge in [0.05, 0.1) is 6.61 Å². The van der Waals surface area contributed by atoms with Crippen LogP contribution in [0.25, 0.3) is 0 Å². The Labute approximate surface area is 159 Å². The number of hydrogen-bond acceptors (Lipinski definition) is 3. The van der Waals surface area contributed by atoms with Gasteiger partial charge in [0.15, 0.2) is 0 Å². The second-order valence-electron chi connectivity index (χ2n) is 6.64. The molecule has 0 saturated carbocycles. The number of benzene rings is 2. The Balaban J connectivity index is 1.51. The Bertz CT molecular complexity index is 787. The molecule has 1 aliphatic rings. The molecule has 27 heavy (non-hydrogen) atoms.